The van der Waals surface area contributed by atoms with E-state index in [9.17, 15) is 4.79 Å². The molecule has 1 aromatic carbocycles. The van der Waals surface area contributed by atoms with Gasteiger partial charge in [0.2, 0.25) is 0 Å². The summed E-state index contributed by atoms with van der Waals surface area (Å²) >= 11 is 5.91. The van der Waals surface area contributed by atoms with Gasteiger partial charge < -0.3 is 5.32 Å². The van der Waals surface area contributed by atoms with Gasteiger partial charge in [0.1, 0.15) is 0 Å². The highest BCUT2D eigenvalue weighted by atomic mass is 35.5. The van der Waals surface area contributed by atoms with Crippen LogP contribution in [0.5, 0.6) is 0 Å². The fourth-order valence-corrected chi connectivity index (χ4v) is 2.82. The van der Waals surface area contributed by atoms with E-state index in [1.54, 1.807) is 17.1 Å². The average molecular weight is 355 g/mol. The van der Waals surface area contributed by atoms with Crippen LogP contribution in [0.15, 0.2) is 54.9 Å². The highest BCUT2D eigenvalue weighted by Crippen LogP contribution is 2.18. The average Bonchev–Trinajstić information content (AvgIpc) is 3.07. The first kappa shape index (κ1) is 17.2. The summed E-state index contributed by atoms with van der Waals surface area (Å²) < 4.78 is 1.71. The number of aromatic nitrogens is 3. The Morgan fingerprint density at radius 3 is 2.64 bits per heavy atom. The Kier molecular flexibility index (Phi) is 5.14. The molecule has 0 fully saturated rings. The molecule has 0 saturated heterocycles. The number of hydrogen-bond donors (Lipinski definition) is 1. The summed E-state index contributed by atoms with van der Waals surface area (Å²) in [6.07, 6.45) is 3.98. The molecule has 25 heavy (non-hydrogen) atoms. The van der Waals surface area contributed by atoms with Crippen LogP contribution >= 0.6 is 11.6 Å². The summed E-state index contributed by atoms with van der Waals surface area (Å²) in [5, 5.41) is 8.03. The fourth-order valence-electron chi connectivity index (χ4n) is 2.69. The maximum atomic E-state index is 12.7. The van der Waals surface area contributed by atoms with Crippen molar-refractivity contribution in [3.8, 4) is 5.82 Å². The summed E-state index contributed by atoms with van der Waals surface area (Å²) in [7, 11) is 0. The van der Waals surface area contributed by atoms with Crippen LogP contribution < -0.4 is 5.32 Å². The van der Waals surface area contributed by atoms with Gasteiger partial charge in [0, 0.05) is 11.2 Å². The molecule has 0 aliphatic heterocycles. The third-order valence-electron chi connectivity index (χ3n) is 4.03. The van der Waals surface area contributed by atoms with Crippen LogP contribution in [0, 0.1) is 0 Å². The van der Waals surface area contributed by atoms with Gasteiger partial charge in [-0.25, -0.2) is 9.67 Å². The van der Waals surface area contributed by atoms with Gasteiger partial charge in [-0.05, 0) is 43.2 Å². The first-order valence-corrected chi connectivity index (χ1v) is 8.52. The largest absolute Gasteiger partial charge is 0.345 e. The Bertz CT molecular complexity index is 859. The molecule has 1 N–H and O–H groups in total. The lowest BCUT2D eigenvalue weighted by atomic mass is 10.1. The minimum atomic E-state index is -0.151. The first-order valence-electron chi connectivity index (χ1n) is 8.14. The fraction of sp³-hybridized carbons (Fsp3) is 0.211. The highest BCUT2D eigenvalue weighted by Gasteiger charge is 2.19. The van der Waals surface area contributed by atoms with Gasteiger partial charge >= 0.3 is 0 Å². The molecule has 0 saturated carbocycles. The Balaban J connectivity index is 1.83. The number of nitrogens with one attached hydrogen (secondary N) is 1. The lowest BCUT2D eigenvalue weighted by Gasteiger charge is -2.14. The minimum Gasteiger partial charge on any atom is -0.345 e. The van der Waals surface area contributed by atoms with Crippen LogP contribution in [-0.4, -0.2) is 20.7 Å². The van der Waals surface area contributed by atoms with Crippen molar-refractivity contribution in [3.05, 3.63) is 76.7 Å². The lowest BCUT2D eigenvalue weighted by molar-refractivity contribution is 0.0939. The number of amides is 1. The van der Waals surface area contributed by atoms with Gasteiger partial charge in [-0.1, -0.05) is 36.7 Å². The summed E-state index contributed by atoms with van der Waals surface area (Å²) in [6, 6.07) is 12.9. The van der Waals surface area contributed by atoms with Gasteiger partial charge in [0.25, 0.3) is 5.91 Å². The van der Waals surface area contributed by atoms with E-state index >= 15 is 0 Å². The van der Waals surface area contributed by atoms with Gasteiger partial charge in [-0.3, -0.25) is 4.79 Å². The van der Waals surface area contributed by atoms with E-state index < -0.39 is 0 Å². The van der Waals surface area contributed by atoms with Crippen LogP contribution in [0.25, 0.3) is 5.82 Å². The van der Waals surface area contributed by atoms with Crippen LogP contribution in [0.3, 0.4) is 0 Å². The zero-order valence-corrected chi connectivity index (χ0v) is 14.9. The van der Waals surface area contributed by atoms with Crippen LogP contribution in [-0.2, 0) is 6.42 Å². The maximum Gasteiger partial charge on any atom is 0.255 e. The van der Waals surface area contributed by atoms with Crippen molar-refractivity contribution < 1.29 is 4.79 Å². The summed E-state index contributed by atoms with van der Waals surface area (Å²) in [4.78, 5) is 17.0. The number of carbonyl (C=O) groups is 1. The Labute approximate surface area is 151 Å². The summed E-state index contributed by atoms with van der Waals surface area (Å²) in [5.41, 5.74) is 2.39. The second kappa shape index (κ2) is 7.49. The standard InChI is InChI=1S/C19H19ClN4O/c1-3-17-16(12-22-24(17)18-6-4-5-11-21-18)19(25)23-13(2)14-7-9-15(20)10-8-14/h4-13H,3H2,1-2H3,(H,23,25). The normalized spacial score (nSPS) is 12.0. The number of halogens is 1. The number of hydrogen-bond acceptors (Lipinski definition) is 3. The zero-order valence-electron chi connectivity index (χ0n) is 14.1. The molecule has 0 spiro atoms. The SMILES string of the molecule is CCc1c(C(=O)NC(C)c2ccc(Cl)cc2)cnn1-c1ccccn1. The number of carbonyl (C=O) groups excluding carboxylic acids is 1. The number of pyridine rings is 1. The van der Waals surface area contributed by atoms with Gasteiger partial charge in [0.15, 0.2) is 5.82 Å². The summed E-state index contributed by atoms with van der Waals surface area (Å²) in [6.45, 7) is 3.94. The van der Waals surface area contributed by atoms with Crippen molar-refractivity contribution in [3.63, 3.8) is 0 Å². The molecule has 3 aromatic rings. The molecular weight excluding hydrogens is 336 g/mol. The van der Waals surface area contributed by atoms with Crippen molar-refractivity contribution in [1.82, 2.24) is 20.1 Å². The predicted molar refractivity (Wildman–Crippen MR) is 98.1 cm³/mol. The van der Waals surface area contributed by atoms with Crippen molar-refractivity contribution in [1.29, 1.82) is 0 Å². The maximum absolute atomic E-state index is 12.7. The molecule has 2 heterocycles. The highest BCUT2D eigenvalue weighted by molar-refractivity contribution is 6.30. The van der Waals surface area contributed by atoms with Crippen molar-refractivity contribution >= 4 is 17.5 Å². The molecule has 1 unspecified atom stereocenters. The van der Waals surface area contributed by atoms with Crippen molar-refractivity contribution in [2.75, 3.05) is 0 Å². The van der Waals surface area contributed by atoms with Crippen LogP contribution in [0.1, 0.15) is 41.5 Å². The number of benzene rings is 1. The van der Waals surface area contributed by atoms with E-state index in [-0.39, 0.29) is 11.9 Å². The Morgan fingerprint density at radius 2 is 2.00 bits per heavy atom. The van der Waals surface area contributed by atoms with Crippen molar-refractivity contribution in [2.45, 2.75) is 26.3 Å². The first-order chi connectivity index (χ1) is 12.1. The molecule has 2 aromatic heterocycles. The molecule has 0 radical (unpaired) electrons. The van der Waals surface area contributed by atoms with Crippen molar-refractivity contribution in [2.24, 2.45) is 0 Å². The van der Waals surface area contributed by atoms with Gasteiger partial charge in [-0.15, -0.1) is 0 Å². The molecular formula is C19H19ClN4O. The monoisotopic (exact) mass is 354 g/mol. The third kappa shape index (κ3) is 3.72. The molecule has 128 valence electrons. The lowest BCUT2D eigenvalue weighted by Crippen LogP contribution is -2.27. The smallest absolute Gasteiger partial charge is 0.255 e. The molecule has 3 rings (SSSR count). The van der Waals surface area contributed by atoms with E-state index in [4.69, 9.17) is 11.6 Å². The Hall–Kier alpha value is -2.66. The molecule has 6 heteroatoms. The Morgan fingerprint density at radius 1 is 1.24 bits per heavy atom. The summed E-state index contributed by atoms with van der Waals surface area (Å²) in [5.74, 6) is 0.547. The molecule has 1 atom stereocenters. The second-order valence-electron chi connectivity index (χ2n) is 5.70. The quantitative estimate of drug-likeness (QED) is 0.754. The molecule has 5 nitrogen and oxygen atoms in total. The van der Waals surface area contributed by atoms with E-state index in [2.05, 4.69) is 15.4 Å². The number of nitrogens with zero attached hydrogens (tertiary/aromatic N) is 3. The molecule has 0 aliphatic carbocycles. The van der Waals surface area contributed by atoms with Gasteiger partial charge in [0.05, 0.1) is 23.5 Å². The van der Waals surface area contributed by atoms with E-state index in [0.29, 0.717) is 22.8 Å². The topological polar surface area (TPSA) is 59.8 Å². The second-order valence-corrected chi connectivity index (χ2v) is 6.14. The van der Waals surface area contributed by atoms with Gasteiger partial charge in [-0.2, -0.15) is 5.10 Å². The minimum absolute atomic E-state index is 0.132. The van der Waals surface area contributed by atoms with E-state index in [1.165, 1.54) is 0 Å². The molecule has 1 amide bonds. The molecule has 0 bridgehead atoms. The van der Waals surface area contributed by atoms with E-state index in [1.807, 2.05) is 56.3 Å². The predicted octanol–water partition coefficient (Wildman–Crippen LogP) is 3.97. The van der Waals surface area contributed by atoms with Crippen LogP contribution in [0.4, 0.5) is 0 Å². The molecule has 0 aliphatic rings. The third-order valence-corrected chi connectivity index (χ3v) is 4.28. The van der Waals surface area contributed by atoms with Crippen LogP contribution in [0.2, 0.25) is 5.02 Å². The number of rotatable bonds is 5. The zero-order chi connectivity index (χ0) is 17.8. The van der Waals surface area contributed by atoms with E-state index in [0.717, 1.165) is 11.3 Å².